The molecule has 2 rings (SSSR count). The lowest BCUT2D eigenvalue weighted by molar-refractivity contribution is 0.480. The van der Waals surface area contributed by atoms with Gasteiger partial charge in [0, 0.05) is 11.1 Å². The van der Waals surface area contributed by atoms with Crippen LogP contribution in [0.15, 0.2) is 18.2 Å². The summed E-state index contributed by atoms with van der Waals surface area (Å²) in [5.74, 6) is 0.258. The third kappa shape index (κ3) is 1.15. The summed E-state index contributed by atoms with van der Waals surface area (Å²) < 4.78 is 0. The number of aromatic hydroxyl groups is 1. The van der Waals surface area contributed by atoms with Gasteiger partial charge in [0.15, 0.2) is 0 Å². The van der Waals surface area contributed by atoms with E-state index in [9.17, 15) is 5.11 Å². The number of fused-ring (bicyclic) bond motifs is 1. The topological polar surface area (TPSA) is 33.1 Å². The first kappa shape index (κ1) is 9.00. The van der Waals surface area contributed by atoms with E-state index in [1.807, 2.05) is 19.1 Å². The Morgan fingerprint density at radius 2 is 1.79 bits per heavy atom. The van der Waals surface area contributed by atoms with Crippen molar-refractivity contribution in [2.75, 3.05) is 0 Å². The van der Waals surface area contributed by atoms with Crippen LogP contribution in [0.1, 0.15) is 16.8 Å². The zero-order valence-electron chi connectivity index (χ0n) is 8.63. The molecule has 14 heavy (non-hydrogen) atoms. The molecule has 0 saturated carbocycles. The molecule has 0 spiro atoms. The highest BCUT2D eigenvalue weighted by molar-refractivity contribution is 5.88. The molecule has 1 aromatic heterocycles. The van der Waals surface area contributed by atoms with Crippen molar-refractivity contribution in [3.63, 3.8) is 0 Å². The van der Waals surface area contributed by atoms with Crippen LogP contribution < -0.4 is 0 Å². The largest absolute Gasteiger partial charge is 0.506 e. The van der Waals surface area contributed by atoms with E-state index in [0.29, 0.717) is 5.52 Å². The van der Waals surface area contributed by atoms with Crippen molar-refractivity contribution in [2.24, 2.45) is 0 Å². The van der Waals surface area contributed by atoms with Crippen LogP contribution in [0.25, 0.3) is 10.9 Å². The van der Waals surface area contributed by atoms with Gasteiger partial charge in [-0.3, -0.25) is 0 Å². The van der Waals surface area contributed by atoms with Gasteiger partial charge in [0.1, 0.15) is 11.3 Å². The van der Waals surface area contributed by atoms with Gasteiger partial charge in [0.2, 0.25) is 0 Å². The minimum absolute atomic E-state index is 0.258. The average Bonchev–Trinajstić information content (AvgIpc) is 2.17. The van der Waals surface area contributed by atoms with Gasteiger partial charge in [-0.1, -0.05) is 12.1 Å². The fraction of sp³-hybridized carbons (Fsp3) is 0.250. The third-order valence-corrected chi connectivity index (χ3v) is 2.80. The van der Waals surface area contributed by atoms with Crippen molar-refractivity contribution < 1.29 is 5.11 Å². The second-order valence-corrected chi connectivity index (χ2v) is 3.62. The molecule has 0 fully saturated rings. The Hall–Kier alpha value is -1.57. The van der Waals surface area contributed by atoms with Crippen LogP contribution in [0, 0.1) is 20.8 Å². The molecule has 0 radical (unpaired) electrons. The van der Waals surface area contributed by atoms with Crippen LogP contribution in [0.5, 0.6) is 5.75 Å². The van der Waals surface area contributed by atoms with Gasteiger partial charge in [0.05, 0.1) is 0 Å². The molecule has 2 aromatic rings. The SMILES string of the molecule is Cc1nc2c(O)cccc2c(C)c1C. The maximum atomic E-state index is 9.65. The molecule has 0 amide bonds. The number of pyridine rings is 1. The van der Waals surface area contributed by atoms with E-state index in [-0.39, 0.29) is 5.75 Å². The lowest BCUT2D eigenvalue weighted by atomic mass is 10.0. The second kappa shape index (κ2) is 2.98. The monoisotopic (exact) mass is 187 g/mol. The van der Waals surface area contributed by atoms with E-state index < -0.39 is 0 Å². The molecule has 0 unspecified atom stereocenters. The van der Waals surface area contributed by atoms with Crippen LogP contribution in [0.2, 0.25) is 0 Å². The number of para-hydroxylation sites is 1. The number of hydrogen-bond acceptors (Lipinski definition) is 2. The van der Waals surface area contributed by atoms with Crippen LogP contribution in [0.4, 0.5) is 0 Å². The maximum absolute atomic E-state index is 9.65. The minimum Gasteiger partial charge on any atom is -0.506 e. The molecule has 2 nitrogen and oxygen atoms in total. The van der Waals surface area contributed by atoms with Gasteiger partial charge in [-0.15, -0.1) is 0 Å². The molecule has 0 atom stereocenters. The van der Waals surface area contributed by atoms with Gasteiger partial charge in [-0.2, -0.15) is 0 Å². The minimum atomic E-state index is 0.258. The lowest BCUT2D eigenvalue weighted by Crippen LogP contribution is -1.93. The summed E-state index contributed by atoms with van der Waals surface area (Å²) in [4.78, 5) is 4.39. The molecule has 1 N–H and O–H groups in total. The zero-order valence-corrected chi connectivity index (χ0v) is 8.63. The van der Waals surface area contributed by atoms with Gasteiger partial charge >= 0.3 is 0 Å². The molecular weight excluding hydrogens is 174 g/mol. The van der Waals surface area contributed by atoms with E-state index in [4.69, 9.17) is 0 Å². The van der Waals surface area contributed by atoms with E-state index in [2.05, 4.69) is 18.8 Å². The quantitative estimate of drug-likeness (QED) is 0.688. The highest BCUT2D eigenvalue weighted by atomic mass is 16.3. The van der Waals surface area contributed by atoms with E-state index in [1.165, 1.54) is 11.1 Å². The molecule has 1 heterocycles. The molecule has 1 aromatic carbocycles. The predicted octanol–water partition coefficient (Wildman–Crippen LogP) is 2.87. The first-order valence-corrected chi connectivity index (χ1v) is 4.66. The normalized spacial score (nSPS) is 10.8. The van der Waals surface area contributed by atoms with Gasteiger partial charge in [-0.05, 0) is 38.0 Å². The molecule has 0 aliphatic carbocycles. The number of phenolic OH excluding ortho intramolecular Hbond substituents is 1. The second-order valence-electron chi connectivity index (χ2n) is 3.62. The van der Waals surface area contributed by atoms with Crippen molar-refractivity contribution in [3.05, 3.63) is 35.0 Å². The number of aryl methyl sites for hydroxylation is 2. The number of hydrogen-bond donors (Lipinski definition) is 1. The molecule has 0 bridgehead atoms. The number of benzene rings is 1. The third-order valence-electron chi connectivity index (χ3n) is 2.80. The summed E-state index contributed by atoms with van der Waals surface area (Å²) in [6.45, 7) is 6.08. The fourth-order valence-electron chi connectivity index (χ4n) is 1.68. The number of rotatable bonds is 0. The standard InChI is InChI=1S/C12H13NO/c1-7-8(2)10-5-4-6-11(14)12(10)13-9(7)3/h4-6,14H,1-3H3. The van der Waals surface area contributed by atoms with Crippen molar-refractivity contribution in [2.45, 2.75) is 20.8 Å². The average molecular weight is 187 g/mol. The summed E-state index contributed by atoms with van der Waals surface area (Å²) in [5, 5.41) is 10.7. The Bertz CT molecular complexity index is 503. The zero-order chi connectivity index (χ0) is 10.3. The summed E-state index contributed by atoms with van der Waals surface area (Å²) in [6.07, 6.45) is 0. The van der Waals surface area contributed by atoms with Crippen LogP contribution in [-0.2, 0) is 0 Å². The van der Waals surface area contributed by atoms with E-state index >= 15 is 0 Å². The smallest absolute Gasteiger partial charge is 0.141 e. The molecule has 0 aliphatic heterocycles. The Balaban J connectivity index is 2.98. The lowest BCUT2D eigenvalue weighted by Gasteiger charge is -2.09. The first-order chi connectivity index (χ1) is 6.61. The highest BCUT2D eigenvalue weighted by Crippen LogP contribution is 2.27. The van der Waals surface area contributed by atoms with Gasteiger partial charge in [0.25, 0.3) is 0 Å². The summed E-state index contributed by atoms with van der Waals surface area (Å²) in [7, 11) is 0. The summed E-state index contributed by atoms with van der Waals surface area (Å²) >= 11 is 0. The number of nitrogens with zero attached hydrogens (tertiary/aromatic N) is 1. The van der Waals surface area contributed by atoms with Crippen molar-refractivity contribution >= 4 is 10.9 Å². The maximum Gasteiger partial charge on any atom is 0.141 e. The Morgan fingerprint density at radius 3 is 2.50 bits per heavy atom. The van der Waals surface area contributed by atoms with E-state index in [1.54, 1.807) is 6.07 Å². The van der Waals surface area contributed by atoms with Crippen molar-refractivity contribution in [1.82, 2.24) is 4.98 Å². The Morgan fingerprint density at radius 1 is 1.07 bits per heavy atom. The molecule has 0 saturated heterocycles. The Labute approximate surface area is 83.2 Å². The summed E-state index contributed by atoms with van der Waals surface area (Å²) in [6, 6.07) is 5.51. The van der Waals surface area contributed by atoms with Crippen LogP contribution in [0.3, 0.4) is 0 Å². The molecule has 72 valence electrons. The number of aromatic nitrogens is 1. The van der Waals surface area contributed by atoms with Crippen LogP contribution in [-0.4, -0.2) is 10.1 Å². The molecular formula is C12H13NO. The highest BCUT2D eigenvalue weighted by Gasteiger charge is 2.07. The Kier molecular flexibility index (Phi) is 1.92. The molecule has 2 heteroatoms. The van der Waals surface area contributed by atoms with Crippen LogP contribution >= 0.6 is 0 Å². The van der Waals surface area contributed by atoms with Crippen molar-refractivity contribution in [3.8, 4) is 5.75 Å². The summed E-state index contributed by atoms with van der Waals surface area (Å²) in [5.41, 5.74) is 4.08. The molecule has 0 aliphatic rings. The van der Waals surface area contributed by atoms with Gasteiger partial charge < -0.3 is 5.11 Å². The number of phenols is 1. The fourth-order valence-corrected chi connectivity index (χ4v) is 1.68. The first-order valence-electron chi connectivity index (χ1n) is 4.66. The predicted molar refractivity (Wildman–Crippen MR) is 57.6 cm³/mol. The van der Waals surface area contributed by atoms with Crippen molar-refractivity contribution in [1.29, 1.82) is 0 Å². The van der Waals surface area contributed by atoms with E-state index in [0.717, 1.165) is 11.1 Å². The van der Waals surface area contributed by atoms with Gasteiger partial charge in [-0.25, -0.2) is 4.98 Å².